The van der Waals surface area contributed by atoms with E-state index < -0.39 is 0 Å². The van der Waals surface area contributed by atoms with Gasteiger partial charge in [0.15, 0.2) is 0 Å². The Labute approximate surface area is 130 Å². The summed E-state index contributed by atoms with van der Waals surface area (Å²) in [4.78, 5) is 11.6. The average Bonchev–Trinajstić information content (AvgIpc) is 2.38. The predicted molar refractivity (Wildman–Crippen MR) is 87.2 cm³/mol. The number of hydrogen-bond acceptors (Lipinski definition) is 4. The molecular formula is C15H25BrN4. The maximum atomic E-state index is 4.62. The highest BCUT2D eigenvalue weighted by atomic mass is 79.9. The maximum absolute atomic E-state index is 4.62. The normalized spacial score (nSPS) is 17.2. The van der Waals surface area contributed by atoms with E-state index in [-0.39, 0.29) is 5.41 Å². The van der Waals surface area contributed by atoms with Gasteiger partial charge in [-0.25, -0.2) is 9.97 Å². The molecule has 20 heavy (non-hydrogen) atoms. The summed E-state index contributed by atoms with van der Waals surface area (Å²) in [6.07, 6.45) is 4.07. The van der Waals surface area contributed by atoms with Crippen LogP contribution in [-0.2, 0) is 5.41 Å². The largest absolute Gasteiger partial charge is 0.369 e. The zero-order chi connectivity index (χ0) is 14.6. The second-order valence-electron chi connectivity index (χ2n) is 6.48. The fraction of sp³-hybridized carbons (Fsp3) is 0.733. The lowest BCUT2D eigenvalue weighted by atomic mass is 9.96. The van der Waals surface area contributed by atoms with Crippen LogP contribution in [0.25, 0.3) is 0 Å². The van der Waals surface area contributed by atoms with Crippen molar-refractivity contribution in [2.75, 3.05) is 31.5 Å². The number of rotatable bonds is 4. The lowest BCUT2D eigenvalue weighted by Gasteiger charge is -2.26. The monoisotopic (exact) mass is 340 g/mol. The Morgan fingerprint density at radius 3 is 2.55 bits per heavy atom. The Hall–Kier alpha value is -0.680. The van der Waals surface area contributed by atoms with Crippen LogP contribution in [0.15, 0.2) is 10.7 Å². The van der Waals surface area contributed by atoms with Crippen molar-refractivity contribution < 1.29 is 0 Å². The van der Waals surface area contributed by atoms with Crippen molar-refractivity contribution in [2.45, 2.75) is 45.4 Å². The topological polar surface area (TPSA) is 41.1 Å². The highest BCUT2D eigenvalue weighted by molar-refractivity contribution is 9.10. The van der Waals surface area contributed by atoms with Gasteiger partial charge < -0.3 is 10.2 Å². The van der Waals surface area contributed by atoms with Crippen molar-refractivity contribution in [3.63, 3.8) is 0 Å². The van der Waals surface area contributed by atoms with Crippen LogP contribution in [0.3, 0.4) is 0 Å². The highest BCUT2D eigenvalue weighted by Gasteiger charge is 2.18. The van der Waals surface area contributed by atoms with Gasteiger partial charge in [0, 0.05) is 24.6 Å². The number of nitrogens with zero attached hydrogens (tertiary/aromatic N) is 3. The third-order valence-corrected chi connectivity index (χ3v) is 3.95. The Morgan fingerprint density at radius 2 is 1.90 bits per heavy atom. The van der Waals surface area contributed by atoms with E-state index in [4.69, 9.17) is 0 Å². The molecular weight excluding hydrogens is 316 g/mol. The minimum Gasteiger partial charge on any atom is -0.369 e. The summed E-state index contributed by atoms with van der Waals surface area (Å²) >= 11 is 3.47. The summed E-state index contributed by atoms with van der Waals surface area (Å²) in [5.41, 5.74) is -0.0346. The fourth-order valence-electron chi connectivity index (χ4n) is 2.37. The summed E-state index contributed by atoms with van der Waals surface area (Å²) in [6.45, 7) is 10.9. The molecule has 0 aromatic carbocycles. The lowest BCUT2D eigenvalue weighted by Crippen LogP contribution is -2.33. The number of hydrogen-bond donors (Lipinski definition) is 1. The number of nitrogens with one attached hydrogen (secondary N) is 1. The van der Waals surface area contributed by atoms with E-state index in [2.05, 4.69) is 56.9 Å². The van der Waals surface area contributed by atoms with Crippen molar-refractivity contribution in [1.29, 1.82) is 0 Å². The van der Waals surface area contributed by atoms with Gasteiger partial charge in [-0.3, -0.25) is 0 Å². The van der Waals surface area contributed by atoms with Gasteiger partial charge >= 0.3 is 0 Å². The van der Waals surface area contributed by atoms with E-state index in [1.165, 1.54) is 32.4 Å². The zero-order valence-corrected chi connectivity index (χ0v) is 14.3. The number of aromatic nitrogens is 2. The first-order valence-electron chi connectivity index (χ1n) is 7.46. The molecule has 1 aromatic rings. The molecule has 0 amide bonds. The van der Waals surface area contributed by atoms with Gasteiger partial charge in [-0.1, -0.05) is 27.2 Å². The maximum Gasteiger partial charge on any atom is 0.137 e. The molecule has 4 nitrogen and oxygen atoms in total. The number of piperidine rings is 1. The van der Waals surface area contributed by atoms with Crippen molar-refractivity contribution in [1.82, 2.24) is 14.9 Å². The van der Waals surface area contributed by atoms with Gasteiger partial charge in [0.1, 0.15) is 16.2 Å². The van der Waals surface area contributed by atoms with E-state index >= 15 is 0 Å². The molecule has 5 heteroatoms. The molecule has 1 aromatic heterocycles. The van der Waals surface area contributed by atoms with Crippen LogP contribution in [0.4, 0.5) is 5.82 Å². The molecule has 2 heterocycles. The van der Waals surface area contributed by atoms with E-state index in [0.717, 1.165) is 29.3 Å². The minimum atomic E-state index is -0.0346. The molecule has 1 N–H and O–H groups in total. The predicted octanol–water partition coefficient (Wildman–Crippen LogP) is 3.43. The van der Waals surface area contributed by atoms with Crippen molar-refractivity contribution >= 4 is 21.7 Å². The molecule has 0 spiro atoms. The third-order valence-electron chi connectivity index (χ3n) is 3.55. The second kappa shape index (κ2) is 6.85. The third kappa shape index (κ3) is 4.70. The van der Waals surface area contributed by atoms with E-state index in [1.807, 2.05) is 6.07 Å². The zero-order valence-electron chi connectivity index (χ0n) is 12.7. The minimum absolute atomic E-state index is 0.0346. The van der Waals surface area contributed by atoms with E-state index in [0.29, 0.717) is 0 Å². The quantitative estimate of drug-likeness (QED) is 0.852. The fourth-order valence-corrected chi connectivity index (χ4v) is 2.75. The lowest BCUT2D eigenvalue weighted by molar-refractivity contribution is 0.237. The molecule has 0 saturated carbocycles. The first-order valence-corrected chi connectivity index (χ1v) is 8.26. The van der Waals surface area contributed by atoms with Crippen LogP contribution >= 0.6 is 15.9 Å². The van der Waals surface area contributed by atoms with Crippen LogP contribution in [0.5, 0.6) is 0 Å². The Morgan fingerprint density at radius 1 is 1.20 bits per heavy atom. The standard InChI is InChI=1S/C15H25BrN4/c1-15(2,3)14-18-12(16)11-13(19-14)17-7-10-20-8-5-4-6-9-20/h11H,4-10H2,1-3H3,(H,17,18,19). The van der Waals surface area contributed by atoms with Gasteiger partial charge in [-0.2, -0.15) is 0 Å². The number of likely N-dealkylation sites (tertiary alicyclic amines) is 1. The molecule has 1 saturated heterocycles. The molecule has 0 atom stereocenters. The smallest absolute Gasteiger partial charge is 0.137 e. The molecule has 1 fully saturated rings. The SMILES string of the molecule is CC(C)(C)c1nc(Br)cc(NCCN2CCCCC2)n1. The van der Waals surface area contributed by atoms with Crippen molar-refractivity contribution in [2.24, 2.45) is 0 Å². The molecule has 0 unspecified atom stereocenters. The van der Waals surface area contributed by atoms with Crippen LogP contribution in [0.2, 0.25) is 0 Å². The van der Waals surface area contributed by atoms with Crippen LogP contribution in [-0.4, -0.2) is 41.0 Å². The highest BCUT2D eigenvalue weighted by Crippen LogP contribution is 2.22. The molecule has 0 radical (unpaired) electrons. The Bertz CT molecular complexity index is 436. The first kappa shape index (κ1) is 15.7. The molecule has 1 aliphatic heterocycles. The summed E-state index contributed by atoms with van der Waals surface area (Å²) in [5, 5.41) is 3.42. The van der Waals surface area contributed by atoms with Crippen LogP contribution in [0, 0.1) is 0 Å². The molecule has 2 rings (SSSR count). The summed E-state index contributed by atoms with van der Waals surface area (Å²) in [7, 11) is 0. The van der Waals surface area contributed by atoms with Gasteiger partial charge in [-0.05, 0) is 41.9 Å². The second-order valence-corrected chi connectivity index (χ2v) is 7.29. The van der Waals surface area contributed by atoms with Gasteiger partial charge in [0.2, 0.25) is 0 Å². The van der Waals surface area contributed by atoms with Gasteiger partial charge in [0.25, 0.3) is 0 Å². The van der Waals surface area contributed by atoms with Crippen molar-refractivity contribution in [3.8, 4) is 0 Å². The number of halogens is 1. The van der Waals surface area contributed by atoms with E-state index in [1.54, 1.807) is 0 Å². The first-order chi connectivity index (χ1) is 9.45. The van der Waals surface area contributed by atoms with Crippen LogP contribution in [0.1, 0.15) is 45.9 Å². The summed E-state index contributed by atoms with van der Waals surface area (Å²) in [6, 6.07) is 1.95. The average molecular weight is 341 g/mol. The van der Waals surface area contributed by atoms with Gasteiger partial charge in [0.05, 0.1) is 0 Å². The molecule has 0 aliphatic carbocycles. The Kier molecular flexibility index (Phi) is 5.38. The summed E-state index contributed by atoms with van der Waals surface area (Å²) < 4.78 is 0.845. The van der Waals surface area contributed by atoms with Crippen molar-refractivity contribution in [3.05, 3.63) is 16.5 Å². The summed E-state index contributed by atoms with van der Waals surface area (Å²) in [5.74, 6) is 1.78. The van der Waals surface area contributed by atoms with E-state index in [9.17, 15) is 0 Å². The molecule has 0 bridgehead atoms. The number of anilines is 1. The molecule has 112 valence electrons. The Balaban J connectivity index is 1.90. The van der Waals surface area contributed by atoms with Crippen LogP contribution < -0.4 is 5.32 Å². The van der Waals surface area contributed by atoms with Gasteiger partial charge in [-0.15, -0.1) is 0 Å². The molecule has 1 aliphatic rings.